The number of fused-ring (bicyclic) bond motifs is 1. The highest BCUT2D eigenvalue weighted by molar-refractivity contribution is 5.98. The Kier molecular flexibility index (Phi) is 5.25. The molecule has 1 aliphatic heterocycles. The lowest BCUT2D eigenvalue weighted by Gasteiger charge is -2.26. The van der Waals surface area contributed by atoms with Crippen molar-refractivity contribution in [1.29, 1.82) is 0 Å². The lowest BCUT2D eigenvalue weighted by atomic mass is 10.2. The highest BCUT2D eigenvalue weighted by Crippen LogP contribution is 2.22. The van der Waals surface area contributed by atoms with Crippen molar-refractivity contribution in [2.75, 3.05) is 11.4 Å². The van der Waals surface area contributed by atoms with Crippen LogP contribution in [0.2, 0.25) is 0 Å². The van der Waals surface area contributed by atoms with Gasteiger partial charge in [0.15, 0.2) is 0 Å². The predicted molar refractivity (Wildman–Crippen MR) is 98.0 cm³/mol. The molecule has 1 aromatic carbocycles. The first kappa shape index (κ1) is 18.0. The summed E-state index contributed by atoms with van der Waals surface area (Å²) in [4.78, 5) is 26.0. The maximum absolute atomic E-state index is 12.3. The highest BCUT2D eigenvalue weighted by atomic mass is 16.5. The molecule has 0 spiro atoms. The van der Waals surface area contributed by atoms with Gasteiger partial charge in [0.05, 0.1) is 18.3 Å². The Balaban J connectivity index is 1.57. The maximum atomic E-state index is 12.3. The van der Waals surface area contributed by atoms with Crippen molar-refractivity contribution in [1.82, 2.24) is 15.1 Å². The summed E-state index contributed by atoms with van der Waals surface area (Å²) in [6, 6.07) is 9.44. The molecule has 138 valence electrons. The molecule has 1 aliphatic rings. The van der Waals surface area contributed by atoms with Crippen molar-refractivity contribution in [3.05, 3.63) is 41.6 Å². The Morgan fingerprint density at radius 2 is 2.04 bits per heavy atom. The summed E-state index contributed by atoms with van der Waals surface area (Å²) in [5, 5.41) is 7.21. The van der Waals surface area contributed by atoms with Gasteiger partial charge in [0.2, 0.25) is 11.8 Å². The van der Waals surface area contributed by atoms with Crippen LogP contribution < -0.4 is 15.0 Å². The Bertz CT molecular complexity index is 796. The Morgan fingerprint density at radius 1 is 1.31 bits per heavy atom. The van der Waals surface area contributed by atoms with E-state index < -0.39 is 0 Å². The smallest absolute Gasteiger partial charge is 0.240 e. The summed E-state index contributed by atoms with van der Waals surface area (Å²) in [6.45, 7) is 6.79. The number of aromatic nitrogens is 2. The summed E-state index contributed by atoms with van der Waals surface area (Å²) in [5.41, 5.74) is 1.81. The van der Waals surface area contributed by atoms with Crippen LogP contribution in [0.1, 0.15) is 31.5 Å². The van der Waals surface area contributed by atoms with E-state index in [4.69, 9.17) is 4.74 Å². The molecule has 2 aromatic rings. The Hall–Kier alpha value is -2.83. The van der Waals surface area contributed by atoms with E-state index in [1.165, 1.54) is 4.90 Å². The molecule has 0 radical (unpaired) electrons. The van der Waals surface area contributed by atoms with Crippen LogP contribution in [-0.2, 0) is 22.7 Å². The molecule has 26 heavy (non-hydrogen) atoms. The number of carbonyl (C=O) groups excluding carboxylic acids is 2. The van der Waals surface area contributed by atoms with Crippen LogP contribution in [0, 0.1) is 6.92 Å². The minimum atomic E-state index is -0.201. The molecule has 3 rings (SSSR count). The minimum absolute atomic E-state index is 0.00148. The van der Waals surface area contributed by atoms with Gasteiger partial charge in [-0.2, -0.15) is 5.10 Å². The van der Waals surface area contributed by atoms with E-state index in [9.17, 15) is 9.59 Å². The lowest BCUT2D eigenvalue weighted by Crippen LogP contribution is -2.44. The minimum Gasteiger partial charge on any atom is -0.491 e. The van der Waals surface area contributed by atoms with E-state index in [2.05, 4.69) is 10.4 Å². The van der Waals surface area contributed by atoms with Crippen molar-refractivity contribution in [2.24, 2.45) is 0 Å². The van der Waals surface area contributed by atoms with Crippen molar-refractivity contribution in [3.63, 3.8) is 0 Å². The fraction of sp³-hybridized carbons (Fsp3) is 0.421. The number of amides is 2. The zero-order valence-electron chi connectivity index (χ0n) is 15.4. The van der Waals surface area contributed by atoms with E-state index in [1.54, 1.807) is 4.68 Å². The largest absolute Gasteiger partial charge is 0.491 e. The zero-order valence-corrected chi connectivity index (χ0v) is 15.4. The van der Waals surface area contributed by atoms with E-state index in [0.717, 1.165) is 17.0 Å². The van der Waals surface area contributed by atoms with Gasteiger partial charge in [-0.15, -0.1) is 0 Å². The second-order valence-electron chi connectivity index (χ2n) is 6.68. The van der Waals surface area contributed by atoms with Crippen LogP contribution in [0.3, 0.4) is 0 Å². The molecule has 1 N–H and O–H groups in total. The van der Waals surface area contributed by atoms with Crippen LogP contribution in [0.25, 0.3) is 0 Å². The fourth-order valence-electron chi connectivity index (χ4n) is 2.91. The Labute approximate surface area is 152 Å². The third-order valence-corrected chi connectivity index (χ3v) is 4.08. The predicted octanol–water partition coefficient (Wildman–Crippen LogP) is 2.03. The summed E-state index contributed by atoms with van der Waals surface area (Å²) in [7, 11) is 0. The summed E-state index contributed by atoms with van der Waals surface area (Å²) in [6.07, 6.45) is 0.485. The molecule has 2 heterocycles. The van der Waals surface area contributed by atoms with E-state index in [1.807, 2.05) is 51.1 Å². The summed E-state index contributed by atoms with van der Waals surface area (Å²) in [5.74, 6) is 1.23. The quantitative estimate of drug-likeness (QED) is 0.859. The molecule has 0 saturated carbocycles. The third-order valence-electron chi connectivity index (χ3n) is 4.08. The second-order valence-corrected chi connectivity index (χ2v) is 6.68. The van der Waals surface area contributed by atoms with Gasteiger partial charge in [-0.3, -0.25) is 14.5 Å². The molecule has 2 amide bonds. The van der Waals surface area contributed by atoms with Gasteiger partial charge in [0, 0.05) is 19.0 Å². The van der Waals surface area contributed by atoms with E-state index in [-0.39, 0.29) is 24.5 Å². The summed E-state index contributed by atoms with van der Waals surface area (Å²) >= 11 is 0. The molecule has 0 bridgehead atoms. The molecule has 0 fully saturated rings. The van der Waals surface area contributed by atoms with E-state index >= 15 is 0 Å². The number of aryl methyl sites for hydroxylation is 2. The standard InChI is InChI=1S/C19H24N4O3/c1-13(2)26-16-6-4-15(5-7-16)11-20-17(24)12-22-18-10-14(3)21-23(18)9-8-19(22)25/h4-7,10,13H,8-9,11-12H2,1-3H3,(H,20,24). The number of ether oxygens (including phenoxy) is 1. The van der Waals surface area contributed by atoms with Gasteiger partial charge >= 0.3 is 0 Å². The number of hydrogen-bond donors (Lipinski definition) is 1. The average Bonchev–Trinajstić information content (AvgIpc) is 2.97. The average molecular weight is 356 g/mol. The van der Waals surface area contributed by atoms with Gasteiger partial charge < -0.3 is 10.1 Å². The number of rotatable bonds is 6. The van der Waals surface area contributed by atoms with Crippen molar-refractivity contribution in [3.8, 4) is 5.75 Å². The number of nitrogens with zero attached hydrogens (tertiary/aromatic N) is 3. The van der Waals surface area contributed by atoms with Gasteiger partial charge in [-0.05, 0) is 38.5 Å². The number of carbonyl (C=O) groups is 2. The monoisotopic (exact) mass is 356 g/mol. The Morgan fingerprint density at radius 3 is 2.73 bits per heavy atom. The molecule has 1 aromatic heterocycles. The van der Waals surface area contributed by atoms with Crippen LogP contribution >= 0.6 is 0 Å². The molecule has 0 aliphatic carbocycles. The highest BCUT2D eigenvalue weighted by Gasteiger charge is 2.27. The van der Waals surface area contributed by atoms with Crippen LogP contribution in [0.15, 0.2) is 30.3 Å². The van der Waals surface area contributed by atoms with Crippen LogP contribution in [0.5, 0.6) is 5.75 Å². The molecular formula is C19H24N4O3. The van der Waals surface area contributed by atoms with Crippen LogP contribution in [0.4, 0.5) is 5.82 Å². The molecule has 0 atom stereocenters. The molecule has 7 heteroatoms. The first-order valence-electron chi connectivity index (χ1n) is 8.79. The maximum Gasteiger partial charge on any atom is 0.240 e. The van der Waals surface area contributed by atoms with E-state index in [0.29, 0.717) is 25.3 Å². The van der Waals surface area contributed by atoms with Crippen LogP contribution in [-0.4, -0.2) is 34.2 Å². The third kappa shape index (κ3) is 4.22. The molecule has 7 nitrogen and oxygen atoms in total. The van der Waals surface area contributed by atoms with Crippen molar-refractivity contribution in [2.45, 2.75) is 46.4 Å². The number of anilines is 1. The first-order chi connectivity index (χ1) is 12.4. The van der Waals surface area contributed by atoms with Gasteiger partial charge in [0.25, 0.3) is 0 Å². The number of nitrogens with one attached hydrogen (secondary N) is 1. The fourth-order valence-corrected chi connectivity index (χ4v) is 2.91. The number of benzene rings is 1. The zero-order chi connectivity index (χ0) is 18.7. The van der Waals surface area contributed by atoms with Crippen molar-refractivity contribution < 1.29 is 14.3 Å². The lowest BCUT2D eigenvalue weighted by molar-refractivity contribution is -0.124. The second kappa shape index (κ2) is 7.59. The SMILES string of the molecule is Cc1cc2n(n1)CCC(=O)N2CC(=O)NCc1ccc(OC(C)C)cc1. The normalized spacial score (nSPS) is 13.7. The molecule has 0 saturated heterocycles. The summed E-state index contributed by atoms with van der Waals surface area (Å²) < 4.78 is 7.38. The molecular weight excluding hydrogens is 332 g/mol. The number of hydrogen-bond acceptors (Lipinski definition) is 4. The van der Waals surface area contributed by atoms with Gasteiger partial charge in [0.1, 0.15) is 18.1 Å². The molecule has 0 unspecified atom stereocenters. The van der Waals surface area contributed by atoms with Gasteiger partial charge in [-0.1, -0.05) is 12.1 Å². The van der Waals surface area contributed by atoms with Crippen molar-refractivity contribution >= 4 is 17.6 Å². The first-order valence-corrected chi connectivity index (χ1v) is 8.79. The van der Waals surface area contributed by atoms with Gasteiger partial charge in [-0.25, -0.2) is 4.68 Å². The topological polar surface area (TPSA) is 76.5 Å².